The molecule has 5 nitrogen and oxygen atoms in total. The van der Waals surface area contributed by atoms with Gasteiger partial charge in [-0.05, 0) is 28.1 Å². The fourth-order valence-corrected chi connectivity index (χ4v) is 2.24. The van der Waals surface area contributed by atoms with Gasteiger partial charge in [-0.1, -0.05) is 0 Å². The van der Waals surface area contributed by atoms with Crippen molar-refractivity contribution in [2.75, 3.05) is 19.8 Å². The first kappa shape index (κ1) is 13.5. The van der Waals surface area contributed by atoms with Crippen LogP contribution in [0.3, 0.4) is 0 Å². The van der Waals surface area contributed by atoms with E-state index in [9.17, 15) is 9.90 Å². The van der Waals surface area contributed by atoms with Crippen LogP contribution in [-0.2, 0) is 4.74 Å². The molecule has 1 saturated heterocycles. The number of carbonyl (C=O) groups is 1. The third kappa shape index (κ3) is 3.28. The van der Waals surface area contributed by atoms with E-state index >= 15 is 0 Å². The summed E-state index contributed by atoms with van der Waals surface area (Å²) in [6.07, 6.45) is 2.64. The maximum absolute atomic E-state index is 11.9. The van der Waals surface area contributed by atoms with Gasteiger partial charge in [0.25, 0.3) is 5.91 Å². The SMILES string of the molecule is O=C(NCC1(O)CCOCC1)c1ncccc1Br. The molecule has 1 aromatic heterocycles. The van der Waals surface area contributed by atoms with Crippen LogP contribution in [0.4, 0.5) is 0 Å². The van der Waals surface area contributed by atoms with Crippen LogP contribution in [0, 0.1) is 0 Å². The minimum absolute atomic E-state index is 0.220. The summed E-state index contributed by atoms with van der Waals surface area (Å²) < 4.78 is 5.82. The standard InChI is InChI=1S/C12H15BrN2O3/c13-9-2-1-5-14-10(9)11(16)15-8-12(17)3-6-18-7-4-12/h1-2,5,17H,3-4,6-8H2,(H,15,16). The highest BCUT2D eigenvalue weighted by molar-refractivity contribution is 9.10. The normalized spacial score (nSPS) is 18.3. The Bertz CT molecular complexity index is 433. The van der Waals surface area contributed by atoms with Gasteiger partial charge in [0.1, 0.15) is 5.69 Å². The quantitative estimate of drug-likeness (QED) is 0.877. The fraction of sp³-hybridized carbons (Fsp3) is 0.500. The minimum atomic E-state index is -0.866. The number of nitrogens with zero attached hydrogens (tertiary/aromatic N) is 1. The number of hydrogen-bond donors (Lipinski definition) is 2. The highest BCUT2D eigenvalue weighted by Crippen LogP contribution is 2.20. The van der Waals surface area contributed by atoms with Crippen LogP contribution in [0.5, 0.6) is 0 Å². The van der Waals surface area contributed by atoms with Crippen LogP contribution in [0.1, 0.15) is 23.3 Å². The fourth-order valence-electron chi connectivity index (χ4n) is 1.81. The first-order valence-electron chi connectivity index (χ1n) is 5.80. The summed E-state index contributed by atoms with van der Waals surface area (Å²) in [4.78, 5) is 15.9. The van der Waals surface area contributed by atoms with Crippen molar-refractivity contribution in [3.8, 4) is 0 Å². The molecule has 6 heteroatoms. The Kier molecular flexibility index (Phi) is 4.31. The van der Waals surface area contributed by atoms with E-state index in [2.05, 4.69) is 26.2 Å². The zero-order valence-corrected chi connectivity index (χ0v) is 11.4. The monoisotopic (exact) mass is 314 g/mol. The molecule has 1 fully saturated rings. The second kappa shape index (κ2) is 5.77. The summed E-state index contributed by atoms with van der Waals surface area (Å²) in [5, 5.41) is 12.9. The van der Waals surface area contributed by atoms with Gasteiger partial charge in [-0.2, -0.15) is 0 Å². The number of halogens is 1. The molecule has 98 valence electrons. The molecule has 2 heterocycles. The molecule has 0 atom stereocenters. The molecule has 2 rings (SSSR count). The molecular formula is C12H15BrN2O3. The van der Waals surface area contributed by atoms with E-state index in [-0.39, 0.29) is 12.5 Å². The van der Waals surface area contributed by atoms with Crippen LogP contribution in [-0.4, -0.2) is 41.4 Å². The predicted octanol–water partition coefficient (Wildman–Crippen LogP) is 1.12. The number of carbonyl (C=O) groups excluding carboxylic acids is 1. The number of amides is 1. The lowest BCUT2D eigenvalue weighted by Gasteiger charge is -2.32. The number of ether oxygens (including phenoxy) is 1. The van der Waals surface area contributed by atoms with Crippen molar-refractivity contribution in [2.45, 2.75) is 18.4 Å². The Morgan fingerprint density at radius 2 is 2.28 bits per heavy atom. The van der Waals surface area contributed by atoms with Crippen molar-refractivity contribution in [3.05, 3.63) is 28.5 Å². The van der Waals surface area contributed by atoms with Crippen molar-refractivity contribution < 1.29 is 14.6 Å². The van der Waals surface area contributed by atoms with E-state index in [1.807, 2.05) is 0 Å². The van der Waals surface area contributed by atoms with Gasteiger partial charge in [0.05, 0.1) is 5.60 Å². The predicted molar refractivity (Wildman–Crippen MR) is 69.3 cm³/mol. The number of nitrogens with one attached hydrogen (secondary N) is 1. The van der Waals surface area contributed by atoms with Crippen LogP contribution in [0.15, 0.2) is 22.8 Å². The van der Waals surface area contributed by atoms with Gasteiger partial charge in [0.15, 0.2) is 0 Å². The lowest BCUT2D eigenvalue weighted by molar-refractivity contribution is -0.0605. The summed E-state index contributed by atoms with van der Waals surface area (Å²) in [7, 11) is 0. The lowest BCUT2D eigenvalue weighted by atomic mass is 9.94. The van der Waals surface area contributed by atoms with Crippen molar-refractivity contribution in [3.63, 3.8) is 0 Å². The van der Waals surface area contributed by atoms with Gasteiger partial charge in [-0.3, -0.25) is 4.79 Å². The maximum Gasteiger partial charge on any atom is 0.271 e. The second-order valence-electron chi connectivity index (χ2n) is 4.35. The molecule has 1 aromatic rings. The van der Waals surface area contributed by atoms with Gasteiger partial charge in [0, 0.05) is 43.3 Å². The number of aliphatic hydroxyl groups is 1. The molecule has 0 aliphatic carbocycles. The third-order valence-electron chi connectivity index (χ3n) is 2.98. The first-order valence-corrected chi connectivity index (χ1v) is 6.59. The third-order valence-corrected chi connectivity index (χ3v) is 3.61. The highest BCUT2D eigenvalue weighted by Gasteiger charge is 2.30. The average Bonchev–Trinajstić information content (AvgIpc) is 2.38. The zero-order valence-electron chi connectivity index (χ0n) is 9.86. The van der Waals surface area contributed by atoms with Gasteiger partial charge in [0.2, 0.25) is 0 Å². The summed E-state index contributed by atoms with van der Waals surface area (Å²) in [6.45, 7) is 1.28. The molecule has 1 amide bonds. The number of rotatable bonds is 3. The van der Waals surface area contributed by atoms with Crippen molar-refractivity contribution in [1.82, 2.24) is 10.3 Å². The number of hydrogen-bond acceptors (Lipinski definition) is 4. The lowest BCUT2D eigenvalue weighted by Crippen LogP contribution is -2.46. The Labute approximate surface area is 114 Å². The van der Waals surface area contributed by atoms with Gasteiger partial charge < -0.3 is 15.2 Å². The van der Waals surface area contributed by atoms with Gasteiger partial charge >= 0.3 is 0 Å². The Balaban J connectivity index is 1.94. The van der Waals surface area contributed by atoms with Crippen LogP contribution in [0.25, 0.3) is 0 Å². The first-order chi connectivity index (χ1) is 8.61. The number of pyridine rings is 1. The Hall–Kier alpha value is -0.980. The molecule has 0 unspecified atom stereocenters. The van der Waals surface area contributed by atoms with Crippen LogP contribution >= 0.6 is 15.9 Å². The molecule has 1 aliphatic heterocycles. The largest absolute Gasteiger partial charge is 0.388 e. The summed E-state index contributed by atoms with van der Waals surface area (Å²) >= 11 is 3.27. The van der Waals surface area contributed by atoms with E-state index in [0.29, 0.717) is 36.2 Å². The second-order valence-corrected chi connectivity index (χ2v) is 5.21. The average molecular weight is 315 g/mol. The molecule has 0 spiro atoms. The molecule has 0 bridgehead atoms. The zero-order chi connectivity index (χ0) is 13.0. The smallest absolute Gasteiger partial charge is 0.271 e. The van der Waals surface area contributed by atoms with E-state index in [4.69, 9.17) is 4.74 Å². The molecule has 0 aromatic carbocycles. The Morgan fingerprint density at radius 3 is 2.94 bits per heavy atom. The van der Waals surface area contributed by atoms with Crippen LogP contribution in [0.2, 0.25) is 0 Å². The Morgan fingerprint density at radius 1 is 1.56 bits per heavy atom. The molecule has 0 saturated carbocycles. The molecule has 0 radical (unpaired) electrons. The number of aromatic nitrogens is 1. The van der Waals surface area contributed by atoms with Gasteiger partial charge in [-0.25, -0.2) is 4.98 Å². The maximum atomic E-state index is 11.9. The summed E-state index contributed by atoms with van der Waals surface area (Å²) in [5.41, 5.74) is -0.539. The minimum Gasteiger partial charge on any atom is -0.388 e. The van der Waals surface area contributed by atoms with E-state index in [1.165, 1.54) is 0 Å². The van der Waals surface area contributed by atoms with E-state index in [1.54, 1.807) is 18.3 Å². The van der Waals surface area contributed by atoms with Crippen molar-refractivity contribution in [1.29, 1.82) is 0 Å². The van der Waals surface area contributed by atoms with Crippen molar-refractivity contribution in [2.24, 2.45) is 0 Å². The molecule has 2 N–H and O–H groups in total. The van der Waals surface area contributed by atoms with E-state index < -0.39 is 5.60 Å². The topological polar surface area (TPSA) is 71.5 Å². The highest BCUT2D eigenvalue weighted by atomic mass is 79.9. The summed E-state index contributed by atoms with van der Waals surface area (Å²) in [5.74, 6) is -0.289. The molecule has 1 aliphatic rings. The molecule has 18 heavy (non-hydrogen) atoms. The van der Waals surface area contributed by atoms with Gasteiger partial charge in [-0.15, -0.1) is 0 Å². The van der Waals surface area contributed by atoms with Crippen molar-refractivity contribution >= 4 is 21.8 Å². The molecular weight excluding hydrogens is 300 g/mol. The van der Waals surface area contributed by atoms with Crippen LogP contribution < -0.4 is 5.32 Å². The van der Waals surface area contributed by atoms with E-state index in [0.717, 1.165) is 0 Å². The summed E-state index contributed by atoms with van der Waals surface area (Å²) in [6, 6.07) is 3.50.